The van der Waals surface area contributed by atoms with Crippen molar-refractivity contribution in [2.75, 3.05) is 36.4 Å². The average molecular weight is 352 g/mol. The maximum atomic E-state index is 12.5. The molecule has 7 heteroatoms. The van der Waals surface area contributed by atoms with E-state index in [4.69, 9.17) is 0 Å². The number of carbonyl (C=O) groups excluding carboxylic acids is 1. The molecule has 1 amide bonds. The third kappa shape index (κ3) is 3.76. The van der Waals surface area contributed by atoms with Gasteiger partial charge in [0, 0.05) is 38.3 Å². The lowest BCUT2D eigenvalue weighted by atomic mass is 10.1. The Morgan fingerprint density at radius 3 is 2.50 bits per heavy atom. The van der Waals surface area contributed by atoms with Crippen LogP contribution in [-0.2, 0) is 4.79 Å². The standard InChI is InChI=1S/C19H24N6O/c26-19(15-4-1-2-5-15)25-12-10-24(11-13-25)18-8-7-17(22-23-18)21-16-6-3-9-20-14-16/h3,6-9,14-15H,1-2,4-5,10-13H2,(H,21,22). The van der Waals surface area contributed by atoms with E-state index in [9.17, 15) is 4.79 Å². The minimum Gasteiger partial charge on any atom is -0.352 e. The monoisotopic (exact) mass is 352 g/mol. The van der Waals surface area contributed by atoms with Crippen molar-refractivity contribution >= 4 is 23.2 Å². The molecule has 0 radical (unpaired) electrons. The molecule has 0 aromatic carbocycles. The van der Waals surface area contributed by atoms with Crippen LogP contribution in [0.4, 0.5) is 17.3 Å². The van der Waals surface area contributed by atoms with Crippen LogP contribution in [0.3, 0.4) is 0 Å². The number of hydrogen-bond acceptors (Lipinski definition) is 6. The lowest BCUT2D eigenvalue weighted by molar-refractivity contribution is -0.135. The zero-order valence-corrected chi connectivity index (χ0v) is 14.8. The number of nitrogens with zero attached hydrogens (tertiary/aromatic N) is 5. The smallest absolute Gasteiger partial charge is 0.225 e. The molecule has 1 aliphatic carbocycles. The quantitative estimate of drug-likeness (QED) is 0.911. The predicted molar refractivity (Wildman–Crippen MR) is 100 cm³/mol. The second-order valence-corrected chi connectivity index (χ2v) is 6.94. The van der Waals surface area contributed by atoms with Gasteiger partial charge in [-0.1, -0.05) is 12.8 Å². The van der Waals surface area contributed by atoms with E-state index in [1.807, 2.05) is 29.2 Å². The Morgan fingerprint density at radius 2 is 1.85 bits per heavy atom. The van der Waals surface area contributed by atoms with Crippen molar-refractivity contribution < 1.29 is 4.79 Å². The fraction of sp³-hybridized carbons (Fsp3) is 0.474. The largest absolute Gasteiger partial charge is 0.352 e. The summed E-state index contributed by atoms with van der Waals surface area (Å²) in [6.07, 6.45) is 8.01. The Kier molecular flexibility index (Phi) is 4.95. The molecule has 2 aromatic rings. The second kappa shape index (κ2) is 7.68. The van der Waals surface area contributed by atoms with E-state index in [-0.39, 0.29) is 5.92 Å². The predicted octanol–water partition coefficient (Wildman–Crippen LogP) is 2.45. The van der Waals surface area contributed by atoms with Gasteiger partial charge in [0.25, 0.3) is 0 Å². The number of aromatic nitrogens is 3. The maximum absolute atomic E-state index is 12.5. The van der Waals surface area contributed by atoms with Crippen LogP contribution in [0, 0.1) is 5.92 Å². The molecule has 136 valence electrons. The average Bonchev–Trinajstić information content (AvgIpc) is 3.24. The van der Waals surface area contributed by atoms with Gasteiger partial charge in [0.1, 0.15) is 0 Å². The summed E-state index contributed by atoms with van der Waals surface area (Å²) >= 11 is 0. The first-order chi connectivity index (χ1) is 12.8. The van der Waals surface area contributed by atoms with Crippen LogP contribution < -0.4 is 10.2 Å². The number of piperazine rings is 1. The normalized spacial score (nSPS) is 18.2. The van der Waals surface area contributed by atoms with Gasteiger partial charge >= 0.3 is 0 Å². The zero-order chi connectivity index (χ0) is 17.8. The Morgan fingerprint density at radius 1 is 1.04 bits per heavy atom. The SMILES string of the molecule is O=C(C1CCCC1)N1CCN(c2ccc(Nc3cccnc3)nn2)CC1. The van der Waals surface area contributed by atoms with Gasteiger partial charge in [-0.15, -0.1) is 10.2 Å². The molecule has 0 bridgehead atoms. The molecule has 0 atom stereocenters. The highest BCUT2D eigenvalue weighted by molar-refractivity contribution is 5.79. The Bertz CT molecular complexity index is 721. The van der Waals surface area contributed by atoms with Crippen LogP contribution in [0.5, 0.6) is 0 Å². The summed E-state index contributed by atoms with van der Waals surface area (Å²) in [6, 6.07) is 7.70. The molecule has 0 spiro atoms. The van der Waals surface area contributed by atoms with E-state index < -0.39 is 0 Å². The fourth-order valence-corrected chi connectivity index (χ4v) is 3.73. The third-order valence-electron chi connectivity index (χ3n) is 5.20. The topological polar surface area (TPSA) is 74.2 Å². The molecule has 2 fully saturated rings. The number of hydrogen-bond donors (Lipinski definition) is 1. The number of carbonyl (C=O) groups is 1. The minimum atomic E-state index is 0.263. The first-order valence-corrected chi connectivity index (χ1v) is 9.34. The van der Waals surface area contributed by atoms with Crippen LogP contribution >= 0.6 is 0 Å². The highest BCUT2D eigenvalue weighted by Crippen LogP contribution is 2.27. The molecule has 1 aliphatic heterocycles. The van der Waals surface area contributed by atoms with Crippen LogP contribution in [0.1, 0.15) is 25.7 Å². The number of anilines is 3. The van der Waals surface area contributed by atoms with E-state index in [0.717, 1.165) is 50.5 Å². The molecule has 3 heterocycles. The van der Waals surface area contributed by atoms with Gasteiger partial charge in [-0.25, -0.2) is 0 Å². The summed E-state index contributed by atoms with van der Waals surface area (Å²) < 4.78 is 0. The lowest BCUT2D eigenvalue weighted by Gasteiger charge is -2.36. The Hall–Kier alpha value is -2.70. The van der Waals surface area contributed by atoms with Crippen molar-refractivity contribution in [1.82, 2.24) is 20.1 Å². The highest BCUT2D eigenvalue weighted by atomic mass is 16.2. The van der Waals surface area contributed by atoms with E-state index >= 15 is 0 Å². The molecule has 2 aliphatic rings. The third-order valence-corrected chi connectivity index (χ3v) is 5.20. The molecular formula is C19H24N6O. The van der Waals surface area contributed by atoms with Crippen LogP contribution in [0.15, 0.2) is 36.7 Å². The van der Waals surface area contributed by atoms with Crippen molar-refractivity contribution in [1.29, 1.82) is 0 Å². The zero-order valence-electron chi connectivity index (χ0n) is 14.8. The van der Waals surface area contributed by atoms with Crippen molar-refractivity contribution in [3.05, 3.63) is 36.7 Å². The fourth-order valence-electron chi connectivity index (χ4n) is 3.73. The van der Waals surface area contributed by atoms with E-state index in [1.54, 1.807) is 12.4 Å². The molecule has 1 saturated carbocycles. The molecule has 2 aromatic heterocycles. The van der Waals surface area contributed by atoms with Crippen molar-refractivity contribution in [2.45, 2.75) is 25.7 Å². The Labute approximate surface area is 153 Å². The molecular weight excluding hydrogens is 328 g/mol. The van der Waals surface area contributed by atoms with Gasteiger partial charge in [-0.2, -0.15) is 0 Å². The lowest BCUT2D eigenvalue weighted by Crippen LogP contribution is -2.50. The Balaban J connectivity index is 1.32. The van der Waals surface area contributed by atoms with Gasteiger partial charge in [-0.3, -0.25) is 9.78 Å². The number of nitrogens with one attached hydrogen (secondary N) is 1. The summed E-state index contributed by atoms with van der Waals surface area (Å²) in [6.45, 7) is 3.16. The molecule has 7 nitrogen and oxygen atoms in total. The van der Waals surface area contributed by atoms with Crippen LogP contribution in [-0.4, -0.2) is 52.2 Å². The first kappa shape index (κ1) is 16.8. The summed E-state index contributed by atoms with van der Waals surface area (Å²) in [5.74, 6) is 2.16. The summed E-state index contributed by atoms with van der Waals surface area (Å²) in [5, 5.41) is 11.8. The summed E-state index contributed by atoms with van der Waals surface area (Å²) in [7, 11) is 0. The molecule has 0 unspecified atom stereocenters. The maximum Gasteiger partial charge on any atom is 0.225 e. The van der Waals surface area contributed by atoms with Gasteiger partial charge in [0.2, 0.25) is 5.91 Å². The van der Waals surface area contributed by atoms with Crippen LogP contribution in [0.25, 0.3) is 0 Å². The van der Waals surface area contributed by atoms with Crippen LogP contribution in [0.2, 0.25) is 0 Å². The second-order valence-electron chi connectivity index (χ2n) is 6.94. The number of rotatable bonds is 4. The number of pyridine rings is 1. The van der Waals surface area contributed by atoms with Gasteiger partial charge in [0.15, 0.2) is 11.6 Å². The highest BCUT2D eigenvalue weighted by Gasteiger charge is 2.29. The molecule has 1 N–H and O–H groups in total. The van der Waals surface area contributed by atoms with Gasteiger partial charge in [-0.05, 0) is 37.1 Å². The van der Waals surface area contributed by atoms with Crippen molar-refractivity contribution in [3.63, 3.8) is 0 Å². The first-order valence-electron chi connectivity index (χ1n) is 9.34. The molecule has 26 heavy (non-hydrogen) atoms. The van der Waals surface area contributed by atoms with Crippen molar-refractivity contribution in [3.8, 4) is 0 Å². The summed E-state index contributed by atoms with van der Waals surface area (Å²) in [4.78, 5) is 20.8. The van der Waals surface area contributed by atoms with E-state index in [1.165, 1.54) is 12.8 Å². The summed E-state index contributed by atoms with van der Waals surface area (Å²) in [5.41, 5.74) is 0.883. The van der Waals surface area contributed by atoms with Crippen molar-refractivity contribution in [2.24, 2.45) is 5.92 Å². The van der Waals surface area contributed by atoms with E-state index in [2.05, 4.69) is 25.4 Å². The number of amides is 1. The van der Waals surface area contributed by atoms with Gasteiger partial charge in [0.05, 0.1) is 11.9 Å². The molecule has 4 rings (SSSR count). The molecule has 1 saturated heterocycles. The minimum absolute atomic E-state index is 0.263. The van der Waals surface area contributed by atoms with E-state index in [0.29, 0.717) is 11.7 Å². The van der Waals surface area contributed by atoms with Gasteiger partial charge < -0.3 is 15.1 Å².